The molecule has 1 saturated heterocycles. The predicted molar refractivity (Wildman–Crippen MR) is 74.3 cm³/mol. The summed E-state index contributed by atoms with van der Waals surface area (Å²) in [5.41, 5.74) is 7.77. The number of carbonyl (C=O) groups is 1. The first-order chi connectivity index (χ1) is 9.20. The number of methoxy groups -OCH3 is 1. The van der Waals surface area contributed by atoms with Crippen molar-refractivity contribution in [1.29, 1.82) is 0 Å². The van der Waals surface area contributed by atoms with E-state index in [1.165, 1.54) is 7.11 Å². The lowest BCUT2D eigenvalue weighted by Gasteiger charge is -2.13. The first-order valence-corrected chi connectivity index (χ1v) is 6.54. The maximum atomic E-state index is 11.4. The molecule has 0 spiro atoms. The summed E-state index contributed by atoms with van der Waals surface area (Å²) in [4.78, 5) is 11.4. The lowest BCUT2D eigenvalue weighted by Crippen LogP contribution is -2.13. The molecule has 2 rings (SSSR count). The van der Waals surface area contributed by atoms with Crippen LogP contribution in [0.5, 0.6) is 0 Å². The summed E-state index contributed by atoms with van der Waals surface area (Å²) in [6.45, 7) is 1.64. The largest absolute Gasteiger partial charge is 0.465 e. The molecule has 1 aliphatic heterocycles. The van der Waals surface area contributed by atoms with Crippen molar-refractivity contribution in [2.24, 2.45) is 0 Å². The molecule has 1 aliphatic rings. The van der Waals surface area contributed by atoms with Gasteiger partial charge < -0.3 is 20.5 Å². The number of hydrogen-bond donors (Lipinski definition) is 2. The van der Waals surface area contributed by atoms with Crippen molar-refractivity contribution >= 4 is 17.3 Å². The minimum Gasteiger partial charge on any atom is -0.465 e. The zero-order valence-corrected chi connectivity index (χ0v) is 11.1. The highest BCUT2D eigenvalue weighted by molar-refractivity contribution is 5.91. The third kappa shape index (κ3) is 3.61. The number of anilines is 2. The molecule has 19 heavy (non-hydrogen) atoms. The van der Waals surface area contributed by atoms with Crippen LogP contribution in [0.1, 0.15) is 29.6 Å². The van der Waals surface area contributed by atoms with E-state index < -0.39 is 0 Å². The number of nitrogens with one attached hydrogen (secondary N) is 1. The number of carbonyl (C=O) groups excluding carboxylic acids is 1. The van der Waals surface area contributed by atoms with Crippen LogP contribution >= 0.6 is 0 Å². The molecule has 3 N–H and O–H groups in total. The number of rotatable bonds is 5. The molecular formula is C14H20N2O3. The van der Waals surface area contributed by atoms with Crippen molar-refractivity contribution in [1.82, 2.24) is 0 Å². The highest BCUT2D eigenvalue weighted by atomic mass is 16.5. The smallest absolute Gasteiger partial charge is 0.337 e. The maximum absolute atomic E-state index is 11.4. The number of nitrogen functional groups attached to an aromatic ring is 1. The van der Waals surface area contributed by atoms with Gasteiger partial charge in [-0.15, -0.1) is 0 Å². The van der Waals surface area contributed by atoms with Crippen LogP contribution in [-0.4, -0.2) is 32.3 Å². The average molecular weight is 264 g/mol. The highest BCUT2D eigenvalue weighted by Crippen LogP contribution is 2.21. The monoisotopic (exact) mass is 264 g/mol. The molecule has 0 amide bonds. The van der Waals surface area contributed by atoms with Gasteiger partial charge in [-0.25, -0.2) is 4.79 Å². The van der Waals surface area contributed by atoms with Gasteiger partial charge in [0.05, 0.1) is 30.2 Å². The lowest BCUT2D eigenvalue weighted by atomic mass is 10.1. The van der Waals surface area contributed by atoms with Crippen LogP contribution in [0.4, 0.5) is 11.4 Å². The lowest BCUT2D eigenvalue weighted by molar-refractivity contribution is 0.0601. The number of ether oxygens (including phenoxy) is 2. The summed E-state index contributed by atoms with van der Waals surface area (Å²) in [5.74, 6) is -0.359. The summed E-state index contributed by atoms with van der Waals surface area (Å²) < 4.78 is 10.2. The molecule has 1 heterocycles. The Bertz CT molecular complexity index is 442. The second-order valence-electron chi connectivity index (χ2n) is 4.64. The second-order valence-corrected chi connectivity index (χ2v) is 4.64. The minimum atomic E-state index is -0.359. The normalized spacial score (nSPS) is 18.3. The van der Waals surface area contributed by atoms with Crippen molar-refractivity contribution in [3.8, 4) is 0 Å². The summed E-state index contributed by atoms with van der Waals surface area (Å²) in [6, 6.07) is 5.09. The maximum Gasteiger partial charge on any atom is 0.337 e. The van der Waals surface area contributed by atoms with Gasteiger partial charge in [0.2, 0.25) is 0 Å². The molecule has 0 bridgehead atoms. The Kier molecular flexibility index (Phi) is 4.63. The zero-order chi connectivity index (χ0) is 13.7. The van der Waals surface area contributed by atoms with E-state index in [1.807, 2.05) is 0 Å². The fourth-order valence-electron chi connectivity index (χ4n) is 2.19. The van der Waals surface area contributed by atoms with Gasteiger partial charge in [0.1, 0.15) is 0 Å². The Labute approximate surface area is 113 Å². The molecule has 1 aromatic rings. The van der Waals surface area contributed by atoms with E-state index in [9.17, 15) is 4.79 Å². The molecule has 1 unspecified atom stereocenters. The molecular weight excluding hydrogens is 244 g/mol. The molecule has 1 atom stereocenters. The van der Waals surface area contributed by atoms with Gasteiger partial charge in [-0.2, -0.15) is 0 Å². The van der Waals surface area contributed by atoms with Gasteiger partial charge >= 0.3 is 5.97 Å². The molecule has 0 saturated carbocycles. The molecule has 0 aromatic heterocycles. The topological polar surface area (TPSA) is 73.6 Å². The average Bonchev–Trinajstić information content (AvgIpc) is 2.93. The van der Waals surface area contributed by atoms with Gasteiger partial charge in [0, 0.05) is 13.2 Å². The molecule has 5 heteroatoms. The van der Waals surface area contributed by atoms with Gasteiger partial charge in [-0.3, -0.25) is 0 Å². The Morgan fingerprint density at radius 3 is 3.11 bits per heavy atom. The summed E-state index contributed by atoms with van der Waals surface area (Å²) in [5, 5.41) is 3.25. The van der Waals surface area contributed by atoms with Crippen LogP contribution in [-0.2, 0) is 9.47 Å². The predicted octanol–water partition coefficient (Wildman–Crippen LogP) is 2.04. The summed E-state index contributed by atoms with van der Waals surface area (Å²) >= 11 is 0. The quantitative estimate of drug-likeness (QED) is 0.629. The Morgan fingerprint density at radius 2 is 2.42 bits per heavy atom. The van der Waals surface area contributed by atoms with Crippen molar-refractivity contribution in [3.05, 3.63) is 23.8 Å². The fraction of sp³-hybridized carbons (Fsp3) is 0.500. The highest BCUT2D eigenvalue weighted by Gasteiger charge is 2.15. The van der Waals surface area contributed by atoms with Gasteiger partial charge in [-0.1, -0.05) is 0 Å². The van der Waals surface area contributed by atoms with Crippen LogP contribution in [0.15, 0.2) is 18.2 Å². The van der Waals surface area contributed by atoms with Crippen molar-refractivity contribution in [2.75, 3.05) is 31.3 Å². The fourth-order valence-corrected chi connectivity index (χ4v) is 2.19. The molecule has 1 aromatic carbocycles. The van der Waals surface area contributed by atoms with Crippen LogP contribution in [0.3, 0.4) is 0 Å². The minimum absolute atomic E-state index is 0.345. The van der Waals surface area contributed by atoms with Crippen molar-refractivity contribution in [3.63, 3.8) is 0 Å². The van der Waals surface area contributed by atoms with Crippen LogP contribution in [0.25, 0.3) is 0 Å². The molecule has 1 fully saturated rings. The summed E-state index contributed by atoms with van der Waals surface area (Å²) in [7, 11) is 1.36. The summed E-state index contributed by atoms with van der Waals surface area (Å²) in [6.07, 6.45) is 3.56. The van der Waals surface area contributed by atoms with E-state index in [0.717, 1.165) is 38.1 Å². The van der Waals surface area contributed by atoms with E-state index in [0.29, 0.717) is 17.4 Å². The number of benzene rings is 1. The van der Waals surface area contributed by atoms with Crippen LogP contribution in [0.2, 0.25) is 0 Å². The third-order valence-corrected chi connectivity index (χ3v) is 3.28. The van der Waals surface area contributed by atoms with Crippen LogP contribution < -0.4 is 11.1 Å². The standard InChI is InChI=1S/C14H20N2O3/c1-18-14(17)10-4-5-12(15)13(9-10)16-7-6-11-3-2-8-19-11/h4-5,9,11,16H,2-3,6-8,15H2,1H3. The number of nitrogens with two attached hydrogens (primary N) is 1. The van der Waals surface area contributed by atoms with Gasteiger partial charge in [0.25, 0.3) is 0 Å². The van der Waals surface area contributed by atoms with Crippen molar-refractivity contribution < 1.29 is 14.3 Å². The van der Waals surface area contributed by atoms with Gasteiger partial charge in [0.15, 0.2) is 0 Å². The van der Waals surface area contributed by atoms with E-state index in [1.54, 1.807) is 18.2 Å². The second kappa shape index (κ2) is 6.43. The molecule has 104 valence electrons. The van der Waals surface area contributed by atoms with E-state index in [4.69, 9.17) is 10.5 Å². The van der Waals surface area contributed by atoms with E-state index in [-0.39, 0.29) is 5.97 Å². The Balaban J connectivity index is 1.92. The third-order valence-electron chi connectivity index (χ3n) is 3.28. The SMILES string of the molecule is COC(=O)c1ccc(N)c(NCCC2CCCO2)c1. The Hall–Kier alpha value is -1.75. The van der Waals surface area contributed by atoms with E-state index in [2.05, 4.69) is 10.1 Å². The first-order valence-electron chi connectivity index (χ1n) is 6.54. The Morgan fingerprint density at radius 1 is 1.58 bits per heavy atom. The zero-order valence-electron chi connectivity index (χ0n) is 11.1. The van der Waals surface area contributed by atoms with E-state index >= 15 is 0 Å². The molecule has 0 aliphatic carbocycles. The van der Waals surface area contributed by atoms with Crippen LogP contribution in [0, 0.1) is 0 Å². The van der Waals surface area contributed by atoms with Gasteiger partial charge in [-0.05, 0) is 37.5 Å². The van der Waals surface area contributed by atoms with Crippen molar-refractivity contribution in [2.45, 2.75) is 25.4 Å². The number of esters is 1. The molecule has 5 nitrogen and oxygen atoms in total. The molecule has 0 radical (unpaired) electrons. The number of hydrogen-bond acceptors (Lipinski definition) is 5. The first kappa shape index (κ1) is 13.7.